The first-order chi connectivity index (χ1) is 12.0. The van der Waals surface area contributed by atoms with Gasteiger partial charge in [-0.2, -0.15) is 5.10 Å². The monoisotopic (exact) mass is 363 g/mol. The highest BCUT2D eigenvalue weighted by Crippen LogP contribution is 2.39. The lowest BCUT2D eigenvalue weighted by Crippen LogP contribution is -2.16. The largest absolute Gasteiger partial charge is 0.476 e. The van der Waals surface area contributed by atoms with Gasteiger partial charge in [0.05, 0.1) is 12.7 Å². The Morgan fingerprint density at radius 2 is 2.20 bits per heavy atom. The Balaban J connectivity index is 1.66. The van der Waals surface area contributed by atoms with Crippen molar-refractivity contribution in [2.24, 2.45) is 0 Å². The van der Waals surface area contributed by atoms with Gasteiger partial charge in [-0.05, 0) is 30.9 Å². The molecule has 9 heteroatoms. The van der Waals surface area contributed by atoms with Gasteiger partial charge in [-0.3, -0.25) is 9.48 Å². The van der Waals surface area contributed by atoms with Gasteiger partial charge in [0.2, 0.25) is 5.91 Å². The van der Waals surface area contributed by atoms with Crippen molar-refractivity contribution in [3.05, 3.63) is 34.0 Å². The topological polar surface area (TPSA) is 111 Å². The van der Waals surface area contributed by atoms with Gasteiger partial charge < -0.3 is 15.2 Å². The summed E-state index contributed by atoms with van der Waals surface area (Å²) in [6.07, 6.45) is 4.35. The van der Waals surface area contributed by atoms with E-state index in [1.807, 2.05) is 0 Å². The van der Waals surface area contributed by atoms with Crippen LogP contribution in [0.15, 0.2) is 12.3 Å². The number of methoxy groups -OCH3 is 1. The van der Waals surface area contributed by atoms with Crippen LogP contribution in [0.3, 0.4) is 0 Å². The number of esters is 1. The molecular formula is C16H17N3O5S. The molecule has 8 nitrogen and oxygen atoms in total. The fourth-order valence-electron chi connectivity index (χ4n) is 2.82. The first-order valence-corrected chi connectivity index (χ1v) is 8.60. The molecule has 0 saturated heterocycles. The second kappa shape index (κ2) is 7.06. The number of aromatic carboxylic acids is 1. The molecule has 132 valence electrons. The number of nitrogens with zero attached hydrogens (tertiary/aromatic N) is 2. The van der Waals surface area contributed by atoms with E-state index in [4.69, 9.17) is 9.84 Å². The number of carboxylic acid groups (broad SMARTS) is 1. The highest BCUT2D eigenvalue weighted by molar-refractivity contribution is 7.17. The van der Waals surface area contributed by atoms with Crippen molar-refractivity contribution in [2.75, 3.05) is 12.4 Å². The van der Waals surface area contributed by atoms with Crippen LogP contribution < -0.4 is 5.32 Å². The van der Waals surface area contributed by atoms with Crippen molar-refractivity contribution in [1.82, 2.24) is 9.78 Å². The third kappa shape index (κ3) is 3.55. The number of carbonyl (C=O) groups is 3. The molecule has 0 aliphatic heterocycles. The Kier molecular flexibility index (Phi) is 4.84. The molecule has 1 aliphatic rings. The second-order valence-electron chi connectivity index (χ2n) is 5.62. The first kappa shape index (κ1) is 17.2. The van der Waals surface area contributed by atoms with E-state index in [0.717, 1.165) is 29.7 Å². The maximum atomic E-state index is 12.2. The van der Waals surface area contributed by atoms with Gasteiger partial charge in [0, 0.05) is 24.0 Å². The van der Waals surface area contributed by atoms with Crippen LogP contribution in [-0.4, -0.2) is 39.8 Å². The standard InChI is InChI=1S/C16H17N3O5S/c1-24-16(23)13-9-3-2-4-11(9)25-14(13)17-12(20)6-8-19-7-5-10(18-19)15(21)22/h5,7H,2-4,6,8H2,1H3,(H,17,20)(H,21,22). The summed E-state index contributed by atoms with van der Waals surface area (Å²) in [6.45, 7) is 0.248. The van der Waals surface area contributed by atoms with E-state index in [1.165, 1.54) is 35.4 Å². The van der Waals surface area contributed by atoms with E-state index in [2.05, 4.69) is 10.4 Å². The Bertz CT molecular complexity index is 839. The number of aromatic nitrogens is 2. The number of hydrogen-bond acceptors (Lipinski definition) is 6. The lowest BCUT2D eigenvalue weighted by molar-refractivity contribution is -0.116. The maximum Gasteiger partial charge on any atom is 0.356 e. The van der Waals surface area contributed by atoms with Gasteiger partial charge in [-0.1, -0.05) is 0 Å². The molecule has 1 amide bonds. The highest BCUT2D eigenvalue weighted by atomic mass is 32.1. The highest BCUT2D eigenvalue weighted by Gasteiger charge is 2.27. The molecular weight excluding hydrogens is 346 g/mol. The van der Waals surface area contributed by atoms with Gasteiger partial charge in [0.1, 0.15) is 5.00 Å². The average Bonchev–Trinajstić information content (AvgIpc) is 3.27. The van der Waals surface area contributed by atoms with Crippen molar-refractivity contribution >= 4 is 34.2 Å². The molecule has 2 aromatic rings. The lowest BCUT2D eigenvalue weighted by atomic mass is 10.1. The van der Waals surface area contributed by atoms with E-state index in [9.17, 15) is 14.4 Å². The third-order valence-electron chi connectivity index (χ3n) is 3.99. The summed E-state index contributed by atoms with van der Waals surface area (Å²) in [4.78, 5) is 36.2. The quantitative estimate of drug-likeness (QED) is 0.759. The SMILES string of the molecule is COC(=O)c1c(NC(=O)CCn2ccc(C(=O)O)n2)sc2c1CCC2. The third-order valence-corrected chi connectivity index (χ3v) is 5.20. The Labute approximate surface area is 147 Å². The van der Waals surface area contributed by atoms with Gasteiger partial charge >= 0.3 is 11.9 Å². The minimum atomic E-state index is -1.11. The molecule has 0 fully saturated rings. The summed E-state index contributed by atoms with van der Waals surface area (Å²) >= 11 is 1.42. The number of nitrogens with one attached hydrogen (secondary N) is 1. The van der Waals surface area contributed by atoms with Crippen molar-refractivity contribution in [1.29, 1.82) is 0 Å². The number of thiophene rings is 1. The number of aryl methyl sites for hydroxylation is 2. The van der Waals surface area contributed by atoms with Crippen LogP contribution in [0, 0.1) is 0 Å². The van der Waals surface area contributed by atoms with Crippen LogP contribution in [0.25, 0.3) is 0 Å². The number of carboxylic acids is 1. The normalized spacial score (nSPS) is 12.7. The Morgan fingerprint density at radius 1 is 1.40 bits per heavy atom. The van der Waals surface area contributed by atoms with E-state index in [0.29, 0.717) is 10.6 Å². The van der Waals surface area contributed by atoms with Crippen LogP contribution in [0.1, 0.15) is 44.1 Å². The minimum absolute atomic E-state index is 0.0666. The van der Waals surface area contributed by atoms with Crippen LogP contribution in [0.4, 0.5) is 5.00 Å². The number of anilines is 1. The molecule has 3 rings (SSSR count). The van der Waals surface area contributed by atoms with Crippen molar-refractivity contribution in [3.63, 3.8) is 0 Å². The Morgan fingerprint density at radius 3 is 2.88 bits per heavy atom. The van der Waals surface area contributed by atoms with Gasteiger partial charge in [-0.25, -0.2) is 9.59 Å². The molecule has 0 aromatic carbocycles. The number of amides is 1. The van der Waals surface area contributed by atoms with Gasteiger partial charge in [0.15, 0.2) is 5.69 Å². The number of ether oxygens (including phenoxy) is 1. The van der Waals surface area contributed by atoms with Gasteiger partial charge in [0.25, 0.3) is 0 Å². The van der Waals surface area contributed by atoms with Crippen LogP contribution in [0.2, 0.25) is 0 Å². The average molecular weight is 363 g/mol. The molecule has 0 atom stereocenters. The summed E-state index contributed by atoms with van der Waals surface area (Å²) in [5.74, 6) is -1.82. The zero-order valence-corrected chi connectivity index (χ0v) is 14.4. The lowest BCUT2D eigenvalue weighted by Gasteiger charge is -2.07. The zero-order chi connectivity index (χ0) is 18.0. The summed E-state index contributed by atoms with van der Waals surface area (Å²) < 4.78 is 6.24. The predicted octanol–water partition coefficient (Wildman–Crippen LogP) is 1.95. The molecule has 2 N–H and O–H groups in total. The van der Waals surface area contributed by atoms with Crippen LogP contribution in [0.5, 0.6) is 0 Å². The van der Waals surface area contributed by atoms with E-state index in [-0.39, 0.29) is 24.6 Å². The summed E-state index contributed by atoms with van der Waals surface area (Å²) in [5.41, 5.74) is 1.37. The molecule has 2 aromatic heterocycles. The van der Waals surface area contributed by atoms with Gasteiger partial charge in [-0.15, -0.1) is 11.3 Å². The molecule has 0 radical (unpaired) electrons. The van der Waals surface area contributed by atoms with Crippen LogP contribution in [-0.2, 0) is 28.9 Å². The molecule has 0 spiro atoms. The summed E-state index contributed by atoms with van der Waals surface area (Å²) in [6, 6.07) is 1.37. The smallest absolute Gasteiger partial charge is 0.356 e. The number of carbonyl (C=O) groups excluding carboxylic acids is 2. The van der Waals surface area contributed by atoms with E-state index >= 15 is 0 Å². The number of fused-ring (bicyclic) bond motifs is 1. The second-order valence-corrected chi connectivity index (χ2v) is 6.73. The molecule has 0 unspecified atom stereocenters. The zero-order valence-electron chi connectivity index (χ0n) is 13.6. The molecule has 25 heavy (non-hydrogen) atoms. The molecule has 0 bridgehead atoms. The van der Waals surface area contributed by atoms with Crippen molar-refractivity contribution in [3.8, 4) is 0 Å². The fraction of sp³-hybridized carbons (Fsp3) is 0.375. The summed E-state index contributed by atoms with van der Waals surface area (Å²) in [5, 5.41) is 16.0. The fourth-order valence-corrected chi connectivity index (χ4v) is 4.11. The maximum absolute atomic E-state index is 12.2. The first-order valence-electron chi connectivity index (χ1n) is 7.79. The minimum Gasteiger partial charge on any atom is -0.476 e. The number of rotatable bonds is 6. The molecule has 1 aliphatic carbocycles. The number of hydrogen-bond donors (Lipinski definition) is 2. The molecule has 2 heterocycles. The van der Waals surface area contributed by atoms with E-state index < -0.39 is 11.9 Å². The predicted molar refractivity (Wildman–Crippen MR) is 90.1 cm³/mol. The van der Waals surface area contributed by atoms with Crippen molar-refractivity contribution < 1.29 is 24.2 Å². The van der Waals surface area contributed by atoms with E-state index in [1.54, 1.807) is 0 Å². The van der Waals surface area contributed by atoms with Crippen molar-refractivity contribution in [2.45, 2.75) is 32.2 Å². The summed E-state index contributed by atoms with van der Waals surface area (Å²) in [7, 11) is 1.32. The van der Waals surface area contributed by atoms with Crippen LogP contribution >= 0.6 is 11.3 Å². The molecule has 0 saturated carbocycles. The Hall–Kier alpha value is -2.68.